The van der Waals surface area contributed by atoms with Crippen molar-refractivity contribution in [1.29, 1.82) is 0 Å². The van der Waals surface area contributed by atoms with E-state index in [0.717, 1.165) is 15.8 Å². The molecule has 0 fully saturated rings. The molecule has 9 nitrogen and oxygen atoms in total. The van der Waals surface area contributed by atoms with Crippen LogP contribution in [-0.2, 0) is 6.42 Å². The van der Waals surface area contributed by atoms with E-state index >= 15 is 0 Å². The van der Waals surface area contributed by atoms with E-state index < -0.39 is 10.8 Å². The van der Waals surface area contributed by atoms with Gasteiger partial charge < -0.3 is 5.32 Å². The summed E-state index contributed by atoms with van der Waals surface area (Å²) in [6.07, 6.45) is 0.428. The van der Waals surface area contributed by atoms with Gasteiger partial charge in [-0.1, -0.05) is 45.5 Å². The van der Waals surface area contributed by atoms with Crippen molar-refractivity contribution in [3.8, 4) is 0 Å². The van der Waals surface area contributed by atoms with E-state index in [1.54, 1.807) is 37.3 Å². The highest BCUT2D eigenvalue weighted by Crippen LogP contribution is 2.25. The van der Waals surface area contributed by atoms with Gasteiger partial charge in [-0.2, -0.15) is 0 Å². The molecule has 0 unspecified atom stereocenters. The quantitative estimate of drug-likeness (QED) is 0.384. The molecule has 2 aromatic carbocycles. The average Bonchev–Trinajstić information content (AvgIpc) is 3.14. The summed E-state index contributed by atoms with van der Waals surface area (Å²) in [5.41, 5.74) is 0.647. The molecule has 0 saturated carbocycles. The molecule has 0 atom stereocenters. The molecule has 2 amide bonds. The number of halogens is 1. The van der Waals surface area contributed by atoms with E-state index in [2.05, 4.69) is 36.8 Å². The number of carbonyl (C=O) groups excluding carboxylic acids is 2. The highest BCUT2D eigenvalue weighted by atomic mass is 79.9. The van der Waals surface area contributed by atoms with Crippen molar-refractivity contribution in [3.05, 3.63) is 78.7 Å². The Bertz CT molecular complexity index is 1120. The summed E-state index contributed by atoms with van der Waals surface area (Å²) in [5.74, 6) is -0.836. The molecule has 0 aliphatic carbocycles. The molecule has 0 radical (unpaired) electrons. The summed E-state index contributed by atoms with van der Waals surface area (Å²) in [6, 6.07) is 11.6. The first kappa shape index (κ1) is 21.5. The molecule has 0 aliphatic rings. The fourth-order valence-corrected chi connectivity index (χ4v) is 3.80. The van der Waals surface area contributed by atoms with Crippen LogP contribution in [0.1, 0.15) is 31.3 Å². The number of nitrogens with zero attached hydrogens (tertiary/aromatic N) is 3. The summed E-state index contributed by atoms with van der Waals surface area (Å²) >= 11 is 4.46. The maximum atomic E-state index is 12.5. The fourth-order valence-electron chi connectivity index (χ4n) is 2.67. The summed E-state index contributed by atoms with van der Waals surface area (Å²) in [5, 5.41) is 25.3. The lowest BCUT2D eigenvalue weighted by Crippen LogP contribution is -2.25. The first-order chi connectivity index (χ1) is 14.3. The third-order valence-corrected chi connectivity index (χ3v) is 5.46. The molecule has 11 heteroatoms. The van der Waals surface area contributed by atoms with Gasteiger partial charge in [0.05, 0.1) is 4.92 Å². The molecule has 0 spiro atoms. The van der Waals surface area contributed by atoms with Gasteiger partial charge in [-0.15, -0.1) is 10.2 Å². The van der Waals surface area contributed by atoms with Gasteiger partial charge in [0.25, 0.3) is 17.5 Å². The molecule has 1 aromatic heterocycles. The minimum Gasteiger partial charge on any atom is -0.352 e. The number of hydrogen-bond acceptors (Lipinski definition) is 7. The Balaban J connectivity index is 1.58. The average molecular weight is 490 g/mol. The maximum Gasteiger partial charge on any atom is 0.285 e. The number of carbonyl (C=O) groups is 2. The van der Waals surface area contributed by atoms with Crippen LogP contribution >= 0.6 is 27.3 Å². The van der Waals surface area contributed by atoms with Crippen LogP contribution in [0.5, 0.6) is 0 Å². The van der Waals surface area contributed by atoms with Gasteiger partial charge in [0, 0.05) is 28.6 Å². The van der Waals surface area contributed by atoms with E-state index in [-0.39, 0.29) is 22.3 Å². The third-order valence-electron chi connectivity index (χ3n) is 4.06. The Morgan fingerprint density at radius 1 is 1.17 bits per heavy atom. The molecule has 0 aliphatic heterocycles. The first-order valence-electron chi connectivity index (χ1n) is 8.76. The van der Waals surface area contributed by atoms with Crippen LogP contribution in [0.2, 0.25) is 0 Å². The number of nitro groups is 1. The fraction of sp³-hybridized carbons (Fsp3) is 0.158. The zero-order chi connectivity index (χ0) is 21.7. The van der Waals surface area contributed by atoms with Gasteiger partial charge in [-0.25, -0.2) is 0 Å². The number of nitrogens with one attached hydrogen (secondary N) is 2. The second kappa shape index (κ2) is 9.55. The number of benzene rings is 2. The molecule has 3 aromatic rings. The Morgan fingerprint density at radius 2 is 1.93 bits per heavy atom. The van der Waals surface area contributed by atoms with Crippen molar-refractivity contribution < 1.29 is 14.5 Å². The SMILES string of the molecule is Cc1cccc(C(=O)Nc2nnc(CCNC(=O)c3cccc(Br)c3)s2)c1[N+](=O)[O-]. The molecule has 154 valence electrons. The lowest BCUT2D eigenvalue weighted by molar-refractivity contribution is -0.385. The van der Waals surface area contributed by atoms with E-state index in [0.29, 0.717) is 29.1 Å². The second-order valence-corrected chi connectivity index (χ2v) is 8.18. The summed E-state index contributed by atoms with van der Waals surface area (Å²) < 4.78 is 0.813. The number of aryl methyl sites for hydroxylation is 1. The normalized spacial score (nSPS) is 10.5. The van der Waals surface area contributed by atoms with Crippen LogP contribution in [0, 0.1) is 17.0 Å². The number of amides is 2. The van der Waals surface area contributed by atoms with E-state index in [4.69, 9.17) is 0 Å². The van der Waals surface area contributed by atoms with Crippen LogP contribution in [0.4, 0.5) is 10.8 Å². The number of nitro benzene ring substituents is 1. The number of anilines is 1. The van der Waals surface area contributed by atoms with Gasteiger partial charge in [-0.3, -0.25) is 25.0 Å². The largest absolute Gasteiger partial charge is 0.352 e. The Labute approximate surface area is 183 Å². The van der Waals surface area contributed by atoms with Gasteiger partial charge in [0.15, 0.2) is 0 Å². The van der Waals surface area contributed by atoms with Crippen molar-refractivity contribution in [1.82, 2.24) is 15.5 Å². The lowest BCUT2D eigenvalue weighted by atomic mass is 10.1. The lowest BCUT2D eigenvalue weighted by Gasteiger charge is -2.04. The Morgan fingerprint density at radius 3 is 2.67 bits per heavy atom. The van der Waals surface area contributed by atoms with Crippen molar-refractivity contribution in [2.45, 2.75) is 13.3 Å². The molecule has 3 rings (SSSR count). The summed E-state index contributed by atoms with van der Waals surface area (Å²) in [6.45, 7) is 1.91. The Hall–Kier alpha value is -3.18. The van der Waals surface area contributed by atoms with Gasteiger partial charge in [0.2, 0.25) is 5.13 Å². The summed E-state index contributed by atoms with van der Waals surface area (Å²) in [4.78, 5) is 35.3. The molecule has 0 bridgehead atoms. The standard InChI is InChI=1S/C19H16BrN5O4S/c1-11-4-2-7-14(16(11)25(28)29)18(27)22-19-24-23-15(30-19)8-9-21-17(26)12-5-3-6-13(20)10-12/h2-7,10H,8-9H2,1H3,(H,21,26)(H,22,24,27). The molecular weight excluding hydrogens is 474 g/mol. The first-order valence-corrected chi connectivity index (χ1v) is 10.4. The van der Waals surface area contributed by atoms with Crippen molar-refractivity contribution in [2.24, 2.45) is 0 Å². The third kappa shape index (κ3) is 5.24. The van der Waals surface area contributed by atoms with E-state index in [9.17, 15) is 19.7 Å². The zero-order valence-electron chi connectivity index (χ0n) is 15.7. The second-order valence-electron chi connectivity index (χ2n) is 6.20. The van der Waals surface area contributed by atoms with Crippen LogP contribution < -0.4 is 10.6 Å². The molecule has 0 saturated heterocycles. The van der Waals surface area contributed by atoms with Crippen molar-refractivity contribution in [2.75, 3.05) is 11.9 Å². The maximum absolute atomic E-state index is 12.5. The zero-order valence-corrected chi connectivity index (χ0v) is 18.1. The van der Waals surface area contributed by atoms with E-state index in [1.165, 1.54) is 6.07 Å². The highest BCUT2D eigenvalue weighted by molar-refractivity contribution is 9.10. The van der Waals surface area contributed by atoms with Crippen LogP contribution in [0.25, 0.3) is 0 Å². The minimum absolute atomic E-state index is 0.0435. The topological polar surface area (TPSA) is 127 Å². The predicted molar refractivity (Wildman–Crippen MR) is 116 cm³/mol. The molecular formula is C19H16BrN5O4S. The number of aromatic nitrogens is 2. The number of rotatable bonds is 7. The van der Waals surface area contributed by atoms with Crippen LogP contribution in [-0.4, -0.2) is 33.5 Å². The van der Waals surface area contributed by atoms with Gasteiger partial charge in [-0.05, 0) is 31.2 Å². The number of para-hydroxylation sites is 1. The van der Waals surface area contributed by atoms with Crippen LogP contribution in [0.3, 0.4) is 0 Å². The molecule has 30 heavy (non-hydrogen) atoms. The molecule has 2 N–H and O–H groups in total. The van der Waals surface area contributed by atoms with Gasteiger partial charge >= 0.3 is 0 Å². The number of hydrogen-bond donors (Lipinski definition) is 2. The van der Waals surface area contributed by atoms with E-state index in [1.807, 2.05) is 6.07 Å². The molecule has 1 heterocycles. The Kier molecular flexibility index (Phi) is 6.85. The smallest absolute Gasteiger partial charge is 0.285 e. The van der Waals surface area contributed by atoms with Crippen molar-refractivity contribution in [3.63, 3.8) is 0 Å². The minimum atomic E-state index is -0.629. The highest BCUT2D eigenvalue weighted by Gasteiger charge is 2.23. The predicted octanol–water partition coefficient (Wildman–Crippen LogP) is 3.74. The van der Waals surface area contributed by atoms with Crippen molar-refractivity contribution >= 4 is 49.9 Å². The van der Waals surface area contributed by atoms with Gasteiger partial charge in [0.1, 0.15) is 10.6 Å². The van der Waals surface area contributed by atoms with Crippen LogP contribution in [0.15, 0.2) is 46.9 Å². The summed E-state index contributed by atoms with van der Waals surface area (Å²) in [7, 11) is 0. The monoisotopic (exact) mass is 489 g/mol.